The Hall–Kier alpha value is -1.69. The first-order chi connectivity index (χ1) is 11.1. The Kier molecular flexibility index (Phi) is 4.80. The number of benzene rings is 1. The van der Waals surface area contributed by atoms with E-state index in [1.165, 1.54) is 0 Å². The van der Waals surface area contributed by atoms with Crippen LogP contribution in [0.4, 0.5) is 8.78 Å². The lowest BCUT2D eigenvalue weighted by Gasteiger charge is -2.32. The summed E-state index contributed by atoms with van der Waals surface area (Å²) in [5, 5.41) is 0. The van der Waals surface area contributed by atoms with Gasteiger partial charge in [-0.2, -0.15) is 0 Å². The molecule has 0 saturated heterocycles. The SMILES string of the molecule is CCN(CC(F)F)[C@H]1CCC[C@@H]1Oc1ccc2c(c1)COC2=O. The van der Waals surface area contributed by atoms with E-state index in [-0.39, 0.29) is 31.3 Å². The number of hydrogen-bond donors (Lipinski definition) is 0. The van der Waals surface area contributed by atoms with Gasteiger partial charge in [0.25, 0.3) is 6.43 Å². The molecule has 0 spiro atoms. The largest absolute Gasteiger partial charge is 0.489 e. The predicted octanol–water partition coefficient (Wildman–Crippen LogP) is 3.24. The lowest BCUT2D eigenvalue weighted by molar-refractivity contribution is 0.0352. The summed E-state index contributed by atoms with van der Waals surface area (Å²) in [4.78, 5) is 13.3. The van der Waals surface area contributed by atoms with Gasteiger partial charge in [0, 0.05) is 11.6 Å². The molecular formula is C17H21F2NO3. The van der Waals surface area contributed by atoms with Crippen molar-refractivity contribution in [3.05, 3.63) is 29.3 Å². The molecule has 2 aliphatic rings. The number of carbonyl (C=O) groups is 1. The maximum absolute atomic E-state index is 12.7. The molecule has 1 aliphatic carbocycles. The van der Waals surface area contributed by atoms with E-state index < -0.39 is 6.43 Å². The summed E-state index contributed by atoms with van der Waals surface area (Å²) >= 11 is 0. The molecule has 4 nitrogen and oxygen atoms in total. The average Bonchev–Trinajstić information content (AvgIpc) is 3.12. The summed E-state index contributed by atoms with van der Waals surface area (Å²) in [6, 6.07) is 5.30. The molecule has 6 heteroatoms. The molecule has 1 aliphatic heterocycles. The quantitative estimate of drug-likeness (QED) is 0.753. The fraction of sp³-hybridized carbons (Fsp3) is 0.588. The van der Waals surface area contributed by atoms with E-state index in [1.807, 2.05) is 17.9 Å². The second-order valence-electron chi connectivity index (χ2n) is 6.03. The molecule has 1 aromatic carbocycles. The Morgan fingerprint density at radius 3 is 2.96 bits per heavy atom. The minimum atomic E-state index is -2.33. The zero-order valence-corrected chi connectivity index (χ0v) is 13.1. The van der Waals surface area contributed by atoms with Gasteiger partial charge >= 0.3 is 5.97 Å². The topological polar surface area (TPSA) is 38.8 Å². The van der Waals surface area contributed by atoms with Crippen LogP contribution in [-0.4, -0.2) is 42.5 Å². The third-order valence-electron chi connectivity index (χ3n) is 4.61. The summed E-state index contributed by atoms with van der Waals surface area (Å²) in [5.74, 6) is 0.367. The molecule has 0 unspecified atom stereocenters. The first kappa shape index (κ1) is 16.2. The van der Waals surface area contributed by atoms with Crippen molar-refractivity contribution in [2.24, 2.45) is 0 Å². The van der Waals surface area contributed by atoms with E-state index in [1.54, 1.807) is 12.1 Å². The summed E-state index contributed by atoms with van der Waals surface area (Å²) in [6.07, 6.45) is 0.278. The molecule has 0 N–H and O–H groups in total. The fourth-order valence-electron chi connectivity index (χ4n) is 3.50. The second-order valence-corrected chi connectivity index (χ2v) is 6.03. The molecular weight excluding hydrogens is 304 g/mol. The van der Waals surface area contributed by atoms with Gasteiger partial charge in [0.1, 0.15) is 18.5 Å². The van der Waals surface area contributed by atoms with Gasteiger partial charge in [-0.1, -0.05) is 6.92 Å². The van der Waals surface area contributed by atoms with Gasteiger partial charge in [0.2, 0.25) is 0 Å². The number of cyclic esters (lactones) is 1. The highest BCUT2D eigenvalue weighted by Gasteiger charge is 2.34. The molecule has 1 heterocycles. The highest BCUT2D eigenvalue weighted by atomic mass is 19.3. The van der Waals surface area contributed by atoms with Crippen LogP contribution in [-0.2, 0) is 11.3 Å². The normalized spacial score (nSPS) is 23.4. The maximum Gasteiger partial charge on any atom is 0.338 e. The molecule has 1 aromatic rings. The predicted molar refractivity (Wildman–Crippen MR) is 80.9 cm³/mol. The van der Waals surface area contributed by atoms with E-state index in [9.17, 15) is 13.6 Å². The third-order valence-corrected chi connectivity index (χ3v) is 4.61. The average molecular weight is 325 g/mol. The Morgan fingerprint density at radius 1 is 1.39 bits per heavy atom. The summed E-state index contributed by atoms with van der Waals surface area (Å²) < 4.78 is 36.5. The highest BCUT2D eigenvalue weighted by Crippen LogP contribution is 2.31. The van der Waals surface area contributed by atoms with Crippen LogP contribution in [0.15, 0.2) is 18.2 Å². The molecule has 0 aromatic heterocycles. The Bertz CT molecular complexity index is 579. The highest BCUT2D eigenvalue weighted by molar-refractivity contribution is 5.93. The number of alkyl halides is 2. The van der Waals surface area contributed by atoms with Crippen LogP contribution >= 0.6 is 0 Å². The van der Waals surface area contributed by atoms with Crippen LogP contribution in [0.5, 0.6) is 5.75 Å². The smallest absolute Gasteiger partial charge is 0.338 e. The van der Waals surface area contributed by atoms with Crippen LogP contribution in [0.1, 0.15) is 42.1 Å². The van der Waals surface area contributed by atoms with Gasteiger partial charge in [0.05, 0.1) is 12.1 Å². The Labute approximate surface area is 134 Å². The van der Waals surface area contributed by atoms with Crippen molar-refractivity contribution in [1.82, 2.24) is 4.90 Å². The lowest BCUT2D eigenvalue weighted by atomic mass is 10.1. The summed E-state index contributed by atoms with van der Waals surface area (Å²) in [5.41, 5.74) is 1.40. The van der Waals surface area contributed by atoms with Crippen LogP contribution in [0.25, 0.3) is 0 Å². The van der Waals surface area contributed by atoms with Gasteiger partial charge in [-0.3, -0.25) is 4.90 Å². The van der Waals surface area contributed by atoms with Crippen molar-refractivity contribution in [3.8, 4) is 5.75 Å². The van der Waals surface area contributed by atoms with Crippen LogP contribution in [0.2, 0.25) is 0 Å². The van der Waals surface area contributed by atoms with Crippen molar-refractivity contribution in [2.45, 2.75) is 51.4 Å². The number of esters is 1. The molecule has 1 saturated carbocycles. The Morgan fingerprint density at radius 2 is 2.22 bits per heavy atom. The number of hydrogen-bond acceptors (Lipinski definition) is 4. The van der Waals surface area contributed by atoms with Crippen LogP contribution in [0, 0.1) is 0 Å². The molecule has 1 fully saturated rings. The van der Waals surface area contributed by atoms with Crippen LogP contribution in [0.3, 0.4) is 0 Å². The molecule has 2 atom stereocenters. The number of rotatable bonds is 6. The number of nitrogens with zero attached hydrogens (tertiary/aromatic N) is 1. The van der Waals surface area contributed by atoms with E-state index in [2.05, 4.69) is 0 Å². The number of likely N-dealkylation sites (N-methyl/N-ethyl adjacent to an activating group) is 1. The number of halogens is 2. The first-order valence-corrected chi connectivity index (χ1v) is 8.07. The molecule has 23 heavy (non-hydrogen) atoms. The molecule has 0 radical (unpaired) electrons. The molecule has 3 rings (SSSR count). The van der Waals surface area contributed by atoms with Gasteiger partial charge < -0.3 is 9.47 Å². The van der Waals surface area contributed by atoms with Crippen molar-refractivity contribution < 1.29 is 23.0 Å². The monoisotopic (exact) mass is 325 g/mol. The zero-order valence-electron chi connectivity index (χ0n) is 13.1. The molecule has 0 amide bonds. The van der Waals surface area contributed by atoms with E-state index in [0.717, 1.165) is 24.8 Å². The summed E-state index contributed by atoms with van der Waals surface area (Å²) in [6.45, 7) is 2.54. The van der Waals surface area contributed by atoms with Gasteiger partial charge in [-0.05, 0) is 44.0 Å². The standard InChI is InChI=1S/C17H21F2NO3/c1-2-20(9-16(18)19)14-4-3-5-15(14)23-12-6-7-13-11(8-12)10-22-17(13)21/h6-8,14-16H,2-5,9-10H2,1H3/t14-,15-/m0/s1. The van der Waals surface area contributed by atoms with Crippen molar-refractivity contribution in [3.63, 3.8) is 0 Å². The van der Waals surface area contributed by atoms with Crippen molar-refractivity contribution in [1.29, 1.82) is 0 Å². The van der Waals surface area contributed by atoms with Crippen LogP contribution < -0.4 is 4.74 Å². The van der Waals surface area contributed by atoms with Crippen molar-refractivity contribution in [2.75, 3.05) is 13.1 Å². The van der Waals surface area contributed by atoms with Gasteiger partial charge in [-0.25, -0.2) is 13.6 Å². The van der Waals surface area contributed by atoms with Crippen molar-refractivity contribution >= 4 is 5.97 Å². The van der Waals surface area contributed by atoms with Gasteiger partial charge in [0.15, 0.2) is 0 Å². The van der Waals surface area contributed by atoms with Gasteiger partial charge in [-0.15, -0.1) is 0 Å². The minimum Gasteiger partial charge on any atom is -0.489 e. The van der Waals surface area contributed by atoms with E-state index >= 15 is 0 Å². The first-order valence-electron chi connectivity index (χ1n) is 8.07. The zero-order chi connectivity index (χ0) is 16.4. The summed E-state index contributed by atoms with van der Waals surface area (Å²) in [7, 11) is 0. The number of ether oxygens (including phenoxy) is 2. The fourth-order valence-corrected chi connectivity index (χ4v) is 3.50. The molecule has 0 bridgehead atoms. The third kappa shape index (κ3) is 3.47. The lowest BCUT2D eigenvalue weighted by Crippen LogP contribution is -2.44. The number of carbonyl (C=O) groups excluding carboxylic acids is 1. The maximum atomic E-state index is 12.7. The van der Waals surface area contributed by atoms with E-state index in [0.29, 0.717) is 17.9 Å². The minimum absolute atomic E-state index is 0.0140. The Balaban J connectivity index is 1.70. The molecule has 126 valence electrons. The number of fused-ring (bicyclic) bond motifs is 1. The van der Waals surface area contributed by atoms with E-state index in [4.69, 9.17) is 9.47 Å². The second kappa shape index (κ2) is 6.83.